The Morgan fingerprint density at radius 1 is 0.967 bits per heavy atom. The van der Waals surface area contributed by atoms with E-state index in [9.17, 15) is 14.4 Å². The van der Waals surface area contributed by atoms with E-state index < -0.39 is 30.6 Å². The Hall–Kier alpha value is -3.55. The van der Waals surface area contributed by atoms with Crippen molar-refractivity contribution in [1.29, 1.82) is 0 Å². The second-order valence-electron chi connectivity index (χ2n) is 6.92. The van der Waals surface area contributed by atoms with Gasteiger partial charge in [-0.2, -0.15) is 0 Å². The fourth-order valence-electron chi connectivity index (χ4n) is 2.55. The van der Waals surface area contributed by atoms with Crippen molar-refractivity contribution in [2.24, 2.45) is 5.92 Å². The maximum atomic E-state index is 12.4. The molecular formula is C22H27N3O5. The van der Waals surface area contributed by atoms with E-state index in [1.165, 1.54) is 0 Å². The van der Waals surface area contributed by atoms with Gasteiger partial charge in [0.1, 0.15) is 11.8 Å². The summed E-state index contributed by atoms with van der Waals surface area (Å²) in [6.07, 6.45) is 0. The molecule has 0 saturated heterocycles. The zero-order chi connectivity index (χ0) is 21.9. The third-order valence-corrected chi connectivity index (χ3v) is 4.23. The Morgan fingerprint density at radius 3 is 2.23 bits per heavy atom. The van der Waals surface area contributed by atoms with Crippen LogP contribution in [0.5, 0.6) is 5.75 Å². The fraction of sp³-hybridized carbons (Fsp3) is 0.318. The summed E-state index contributed by atoms with van der Waals surface area (Å²) in [6, 6.07) is 14.7. The van der Waals surface area contributed by atoms with Crippen LogP contribution in [-0.2, 0) is 20.9 Å². The Kier molecular flexibility index (Phi) is 8.68. The number of benzene rings is 2. The first kappa shape index (κ1) is 22.7. The Labute approximate surface area is 175 Å². The van der Waals surface area contributed by atoms with Crippen LogP contribution in [-0.4, -0.2) is 37.7 Å². The predicted octanol–water partition coefficient (Wildman–Crippen LogP) is 2.70. The van der Waals surface area contributed by atoms with E-state index in [0.29, 0.717) is 12.2 Å². The lowest BCUT2D eigenvalue weighted by Gasteiger charge is -2.21. The molecule has 160 valence electrons. The highest BCUT2D eigenvalue weighted by Crippen LogP contribution is 2.11. The Bertz CT molecular complexity index is 838. The van der Waals surface area contributed by atoms with E-state index >= 15 is 0 Å². The quantitative estimate of drug-likeness (QED) is 0.548. The molecule has 3 N–H and O–H groups in total. The first-order valence-corrected chi connectivity index (χ1v) is 9.58. The van der Waals surface area contributed by atoms with Crippen molar-refractivity contribution < 1.29 is 23.9 Å². The molecule has 2 aromatic rings. The number of amides is 3. The number of methoxy groups -OCH3 is 1. The highest BCUT2D eigenvalue weighted by Gasteiger charge is 2.26. The summed E-state index contributed by atoms with van der Waals surface area (Å²) < 4.78 is 10.2. The minimum atomic E-state index is -0.886. The van der Waals surface area contributed by atoms with Crippen LogP contribution in [0.15, 0.2) is 54.6 Å². The molecule has 0 spiro atoms. The lowest BCUT2D eigenvalue weighted by Crippen LogP contribution is -2.47. The number of para-hydroxylation sites is 1. The van der Waals surface area contributed by atoms with Crippen LogP contribution < -0.4 is 20.7 Å². The molecule has 0 fully saturated rings. The molecule has 0 aliphatic carbocycles. The highest BCUT2D eigenvalue weighted by atomic mass is 16.5. The van der Waals surface area contributed by atoms with Gasteiger partial charge in [0.25, 0.3) is 5.91 Å². The number of rotatable bonds is 9. The Morgan fingerprint density at radius 2 is 1.63 bits per heavy atom. The van der Waals surface area contributed by atoms with Crippen molar-refractivity contribution in [3.63, 3.8) is 0 Å². The summed E-state index contributed by atoms with van der Waals surface area (Å²) in [5.74, 6) is -0.605. The number of carbonyl (C=O) groups is 3. The number of anilines is 1. The third kappa shape index (κ3) is 7.46. The number of carbonyl (C=O) groups excluding carboxylic acids is 3. The van der Waals surface area contributed by atoms with Crippen LogP contribution in [0.25, 0.3) is 0 Å². The van der Waals surface area contributed by atoms with Gasteiger partial charge < -0.3 is 25.4 Å². The maximum Gasteiger partial charge on any atom is 0.329 e. The largest absolute Gasteiger partial charge is 0.497 e. The number of ether oxygens (including phenoxy) is 2. The van der Waals surface area contributed by atoms with Crippen molar-refractivity contribution in [2.75, 3.05) is 19.0 Å². The molecule has 0 aromatic heterocycles. The third-order valence-electron chi connectivity index (χ3n) is 4.23. The second-order valence-corrected chi connectivity index (χ2v) is 6.92. The molecule has 1 atom stereocenters. The van der Waals surface area contributed by atoms with Gasteiger partial charge in [-0.1, -0.05) is 44.2 Å². The molecule has 3 amide bonds. The lowest BCUT2D eigenvalue weighted by atomic mass is 10.1. The normalized spacial score (nSPS) is 11.3. The number of hydrogen-bond acceptors (Lipinski definition) is 5. The predicted molar refractivity (Wildman–Crippen MR) is 113 cm³/mol. The van der Waals surface area contributed by atoms with Crippen LogP contribution >= 0.6 is 0 Å². The molecule has 0 radical (unpaired) electrons. The van der Waals surface area contributed by atoms with Crippen molar-refractivity contribution in [3.8, 4) is 5.75 Å². The Balaban J connectivity index is 1.79. The molecule has 0 heterocycles. The van der Waals surface area contributed by atoms with E-state index in [1.807, 2.05) is 18.2 Å². The van der Waals surface area contributed by atoms with E-state index in [4.69, 9.17) is 9.47 Å². The summed E-state index contributed by atoms with van der Waals surface area (Å²) in [5, 5.41) is 7.91. The van der Waals surface area contributed by atoms with Crippen LogP contribution in [0.4, 0.5) is 10.5 Å². The van der Waals surface area contributed by atoms with Gasteiger partial charge in [0.15, 0.2) is 6.61 Å². The fourth-order valence-corrected chi connectivity index (χ4v) is 2.55. The first-order valence-electron chi connectivity index (χ1n) is 9.58. The van der Waals surface area contributed by atoms with E-state index in [-0.39, 0.29) is 5.92 Å². The van der Waals surface area contributed by atoms with Gasteiger partial charge in [0.05, 0.1) is 7.11 Å². The SMILES string of the molecule is COc1ccc(CNC(=O)COC(=O)[C@H](NC(=O)Nc2ccccc2)C(C)C)cc1. The van der Waals surface area contributed by atoms with Crippen LogP contribution in [0.2, 0.25) is 0 Å². The number of esters is 1. The summed E-state index contributed by atoms with van der Waals surface area (Å²) in [5.41, 5.74) is 1.48. The lowest BCUT2D eigenvalue weighted by molar-refractivity contribution is -0.151. The number of hydrogen-bond donors (Lipinski definition) is 3. The van der Waals surface area contributed by atoms with Gasteiger partial charge >= 0.3 is 12.0 Å². The van der Waals surface area contributed by atoms with Crippen molar-refractivity contribution >= 4 is 23.6 Å². The minimum Gasteiger partial charge on any atom is -0.497 e. The molecule has 0 aliphatic heterocycles. The van der Waals surface area contributed by atoms with Gasteiger partial charge in [0, 0.05) is 12.2 Å². The topological polar surface area (TPSA) is 106 Å². The van der Waals surface area contributed by atoms with Gasteiger partial charge in [-0.3, -0.25) is 4.79 Å². The molecule has 0 aliphatic rings. The zero-order valence-electron chi connectivity index (χ0n) is 17.3. The maximum absolute atomic E-state index is 12.4. The van der Waals surface area contributed by atoms with Gasteiger partial charge in [-0.15, -0.1) is 0 Å². The average Bonchev–Trinajstić information content (AvgIpc) is 2.75. The molecular weight excluding hydrogens is 386 g/mol. The van der Waals surface area contributed by atoms with E-state index in [1.54, 1.807) is 57.4 Å². The van der Waals surface area contributed by atoms with Crippen LogP contribution in [0, 0.1) is 5.92 Å². The van der Waals surface area contributed by atoms with Crippen molar-refractivity contribution in [1.82, 2.24) is 10.6 Å². The molecule has 8 heteroatoms. The summed E-state index contributed by atoms with van der Waals surface area (Å²) in [4.78, 5) is 36.5. The second kappa shape index (κ2) is 11.5. The van der Waals surface area contributed by atoms with Crippen LogP contribution in [0.3, 0.4) is 0 Å². The summed E-state index contributed by atoms with van der Waals surface area (Å²) in [6.45, 7) is 3.42. The average molecular weight is 413 g/mol. The van der Waals surface area contributed by atoms with Crippen molar-refractivity contribution in [3.05, 3.63) is 60.2 Å². The standard InChI is InChI=1S/C22H27N3O5/c1-15(2)20(25-22(28)24-17-7-5-4-6-8-17)21(27)30-14-19(26)23-13-16-9-11-18(29-3)12-10-16/h4-12,15,20H,13-14H2,1-3H3,(H,23,26)(H2,24,25,28)/t20-/m1/s1. The van der Waals surface area contributed by atoms with Gasteiger partial charge in [0.2, 0.25) is 0 Å². The van der Waals surface area contributed by atoms with E-state index in [0.717, 1.165) is 11.3 Å². The van der Waals surface area contributed by atoms with Crippen LogP contribution in [0.1, 0.15) is 19.4 Å². The van der Waals surface area contributed by atoms with E-state index in [2.05, 4.69) is 16.0 Å². The summed E-state index contributed by atoms with van der Waals surface area (Å²) >= 11 is 0. The first-order chi connectivity index (χ1) is 14.4. The van der Waals surface area contributed by atoms with Gasteiger partial charge in [-0.05, 0) is 35.7 Å². The zero-order valence-corrected chi connectivity index (χ0v) is 17.3. The molecule has 0 bridgehead atoms. The van der Waals surface area contributed by atoms with Gasteiger partial charge in [-0.25, -0.2) is 9.59 Å². The molecule has 0 saturated carbocycles. The number of nitrogens with one attached hydrogen (secondary N) is 3. The monoisotopic (exact) mass is 413 g/mol. The smallest absolute Gasteiger partial charge is 0.329 e. The molecule has 8 nitrogen and oxygen atoms in total. The summed E-state index contributed by atoms with van der Waals surface area (Å²) in [7, 11) is 1.58. The number of urea groups is 1. The molecule has 2 rings (SSSR count). The molecule has 30 heavy (non-hydrogen) atoms. The molecule has 2 aromatic carbocycles. The highest BCUT2D eigenvalue weighted by molar-refractivity contribution is 5.93. The van der Waals surface area contributed by atoms with Crippen molar-refractivity contribution in [2.45, 2.75) is 26.4 Å². The minimum absolute atomic E-state index is 0.221. The molecule has 0 unspecified atom stereocenters.